The van der Waals surface area contributed by atoms with E-state index in [-0.39, 0.29) is 22.3 Å². The molecule has 0 bridgehead atoms. The molecular formula is C18H12O8. The van der Waals surface area contributed by atoms with Crippen LogP contribution in [-0.4, -0.2) is 44.3 Å². The Bertz CT molecular complexity index is 923. The van der Waals surface area contributed by atoms with Crippen molar-refractivity contribution in [2.75, 3.05) is 0 Å². The Kier molecular flexibility index (Phi) is 5.17. The number of carboxylic acids is 4. The van der Waals surface area contributed by atoms with Crippen molar-refractivity contribution >= 4 is 36.0 Å². The van der Waals surface area contributed by atoms with Gasteiger partial charge in [-0.15, -0.1) is 0 Å². The zero-order chi connectivity index (χ0) is 19.4. The highest BCUT2D eigenvalue weighted by Gasteiger charge is 2.18. The van der Waals surface area contributed by atoms with Gasteiger partial charge in [0.2, 0.25) is 0 Å². The van der Waals surface area contributed by atoms with Crippen LogP contribution in [0.25, 0.3) is 12.2 Å². The van der Waals surface area contributed by atoms with E-state index in [0.29, 0.717) is 0 Å². The standard InChI is InChI=1S/C18H12O8/c19-15(20)11-6-9(7-12(8-11)16(21)22)4-5-10-2-1-3-13(17(23)24)14(10)18(25)26/h1-8H,(H,19,20)(H,21,22)(H,23,24)(H,25,26)/b5-4+. The summed E-state index contributed by atoms with van der Waals surface area (Å²) in [4.78, 5) is 44.8. The lowest BCUT2D eigenvalue weighted by Gasteiger charge is -2.06. The van der Waals surface area contributed by atoms with Gasteiger partial charge in [-0.05, 0) is 35.4 Å². The molecule has 0 saturated carbocycles. The zero-order valence-corrected chi connectivity index (χ0v) is 13.0. The Morgan fingerprint density at radius 2 is 1.27 bits per heavy atom. The molecule has 8 nitrogen and oxygen atoms in total. The van der Waals surface area contributed by atoms with Gasteiger partial charge in [0.05, 0.1) is 22.3 Å². The van der Waals surface area contributed by atoms with Gasteiger partial charge in [0.1, 0.15) is 0 Å². The van der Waals surface area contributed by atoms with E-state index < -0.39 is 35.0 Å². The Morgan fingerprint density at radius 3 is 1.73 bits per heavy atom. The molecule has 0 heterocycles. The van der Waals surface area contributed by atoms with Crippen molar-refractivity contribution in [3.63, 3.8) is 0 Å². The predicted molar refractivity (Wildman–Crippen MR) is 89.6 cm³/mol. The first-order valence-corrected chi connectivity index (χ1v) is 7.10. The van der Waals surface area contributed by atoms with Crippen molar-refractivity contribution in [3.05, 3.63) is 69.8 Å². The molecule has 0 unspecified atom stereocenters. The summed E-state index contributed by atoms with van der Waals surface area (Å²) in [6.07, 6.45) is 2.59. The molecule has 8 heteroatoms. The molecule has 0 radical (unpaired) electrons. The largest absolute Gasteiger partial charge is 0.478 e. The molecule has 2 aromatic rings. The van der Waals surface area contributed by atoms with Crippen LogP contribution in [-0.2, 0) is 0 Å². The normalized spacial score (nSPS) is 10.6. The number of benzene rings is 2. The van der Waals surface area contributed by atoms with Gasteiger partial charge in [-0.2, -0.15) is 0 Å². The average molecular weight is 356 g/mol. The summed E-state index contributed by atoms with van der Waals surface area (Å²) in [6, 6.07) is 7.32. The minimum absolute atomic E-state index is 0.0787. The molecule has 2 rings (SSSR count). The Hall–Kier alpha value is -3.94. The first-order chi connectivity index (χ1) is 12.2. The minimum atomic E-state index is -1.44. The van der Waals surface area contributed by atoms with Gasteiger partial charge in [0.25, 0.3) is 0 Å². The molecule has 0 spiro atoms. The van der Waals surface area contributed by atoms with Gasteiger partial charge >= 0.3 is 23.9 Å². The van der Waals surface area contributed by atoms with Crippen molar-refractivity contribution in [2.24, 2.45) is 0 Å². The molecule has 132 valence electrons. The Morgan fingerprint density at radius 1 is 0.692 bits per heavy atom. The van der Waals surface area contributed by atoms with Crippen LogP contribution in [0.3, 0.4) is 0 Å². The second kappa shape index (κ2) is 7.31. The Labute approximate surface area is 146 Å². The number of rotatable bonds is 6. The summed E-state index contributed by atoms with van der Waals surface area (Å²) in [6.45, 7) is 0. The summed E-state index contributed by atoms with van der Waals surface area (Å²) in [5.74, 6) is -5.48. The van der Waals surface area contributed by atoms with E-state index in [0.717, 1.165) is 12.1 Å². The maximum atomic E-state index is 11.4. The maximum absolute atomic E-state index is 11.4. The first-order valence-electron chi connectivity index (χ1n) is 7.10. The lowest BCUT2D eigenvalue weighted by molar-refractivity contribution is 0.0651. The molecular weight excluding hydrogens is 344 g/mol. The maximum Gasteiger partial charge on any atom is 0.337 e. The fourth-order valence-corrected chi connectivity index (χ4v) is 2.31. The number of carboxylic acid groups (broad SMARTS) is 4. The second-order valence-electron chi connectivity index (χ2n) is 5.17. The topological polar surface area (TPSA) is 149 Å². The SMILES string of the molecule is O=C(O)c1cc(/C=C/c2cccc(C(=O)O)c2C(=O)O)cc(C(=O)O)c1. The Balaban J connectivity index is 2.56. The van der Waals surface area contributed by atoms with Crippen LogP contribution in [0.2, 0.25) is 0 Å². The number of hydrogen-bond acceptors (Lipinski definition) is 4. The van der Waals surface area contributed by atoms with Gasteiger partial charge in [0.15, 0.2) is 0 Å². The van der Waals surface area contributed by atoms with Crippen molar-refractivity contribution in [3.8, 4) is 0 Å². The highest BCUT2D eigenvalue weighted by molar-refractivity contribution is 6.05. The third-order valence-electron chi connectivity index (χ3n) is 3.45. The van der Waals surface area contributed by atoms with Gasteiger partial charge < -0.3 is 20.4 Å². The van der Waals surface area contributed by atoms with E-state index in [1.165, 1.54) is 36.4 Å². The molecule has 2 aromatic carbocycles. The van der Waals surface area contributed by atoms with E-state index in [9.17, 15) is 24.3 Å². The fourth-order valence-electron chi connectivity index (χ4n) is 2.31. The van der Waals surface area contributed by atoms with Crippen LogP contribution in [0.5, 0.6) is 0 Å². The van der Waals surface area contributed by atoms with Gasteiger partial charge in [-0.1, -0.05) is 24.3 Å². The lowest BCUT2D eigenvalue weighted by Crippen LogP contribution is -2.09. The molecule has 26 heavy (non-hydrogen) atoms. The zero-order valence-electron chi connectivity index (χ0n) is 13.0. The van der Waals surface area contributed by atoms with Crippen LogP contribution >= 0.6 is 0 Å². The van der Waals surface area contributed by atoms with E-state index >= 15 is 0 Å². The van der Waals surface area contributed by atoms with Crippen molar-refractivity contribution in [2.45, 2.75) is 0 Å². The van der Waals surface area contributed by atoms with Crippen LogP contribution in [0.15, 0.2) is 36.4 Å². The van der Waals surface area contributed by atoms with Gasteiger partial charge in [-0.3, -0.25) is 0 Å². The molecule has 0 amide bonds. The highest BCUT2D eigenvalue weighted by atomic mass is 16.4. The molecule has 0 aliphatic rings. The van der Waals surface area contributed by atoms with Crippen LogP contribution in [0, 0.1) is 0 Å². The monoisotopic (exact) mass is 356 g/mol. The van der Waals surface area contributed by atoms with E-state index in [1.54, 1.807) is 0 Å². The molecule has 0 fully saturated rings. The molecule has 0 aliphatic heterocycles. The van der Waals surface area contributed by atoms with Crippen molar-refractivity contribution < 1.29 is 39.6 Å². The molecule has 4 N–H and O–H groups in total. The quantitative estimate of drug-likeness (QED) is 0.577. The summed E-state index contributed by atoms with van der Waals surface area (Å²) >= 11 is 0. The minimum Gasteiger partial charge on any atom is -0.478 e. The number of aromatic carboxylic acids is 4. The average Bonchev–Trinajstić information content (AvgIpc) is 2.58. The van der Waals surface area contributed by atoms with E-state index in [2.05, 4.69) is 0 Å². The first kappa shape index (κ1) is 18.4. The van der Waals surface area contributed by atoms with Crippen LogP contribution in [0.1, 0.15) is 52.6 Å². The number of hydrogen-bond donors (Lipinski definition) is 4. The molecule has 0 atom stereocenters. The molecule has 0 aromatic heterocycles. The second-order valence-corrected chi connectivity index (χ2v) is 5.17. The molecule has 0 saturated heterocycles. The fraction of sp³-hybridized carbons (Fsp3) is 0. The van der Waals surface area contributed by atoms with E-state index in [4.69, 9.17) is 15.3 Å². The van der Waals surface area contributed by atoms with Crippen molar-refractivity contribution in [1.29, 1.82) is 0 Å². The summed E-state index contributed by atoms with van der Waals surface area (Å²) in [7, 11) is 0. The highest BCUT2D eigenvalue weighted by Crippen LogP contribution is 2.19. The smallest absolute Gasteiger partial charge is 0.337 e. The number of carbonyl (C=O) groups is 4. The van der Waals surface area contributed by atoms with E-state index in [1.807, 2.05) is 0 Å². The molecule has 0 aliphatic carbocycles. The summed E-state index contributed by atoms with van der Waals surface area (Å²) < 4.78 is 0. The van der Waals surface area contributed by atoms with Gasteiger partial charge in [-0.25, -0.2) is 19.2 Å². The van der Waals surface area contributed by atoms with Crippen molar-refractivity contribution in [1.82, 2.24) is 0 Å². The summed E-state index contributed by atoms with van der Waals surface area (Å²) in [5, 5.41) is 36.5. The summed E-state index contributed by atoms with van der Waals surface area (Å²) in [5.41, 5.74) is -1.03. The van der Waals surface area contributed by atoms with Crippen LogP contribution in [0.4, 0.5) is 0 Å². The lowest BCUT2D eigenvalue weighted by atomic mass is 9.99. The van der Waals surface area contributed by atoms with Crippen LogP contribution < -0.4 is 0 Å². The third-order valence-corrected chi connectivity index (χ3v) is 3.45. The third kappa shape index (κ3) is 3.93. The van der Waals surface area contributed by atoms with Gasteiger partial charge in [0, 0.05) is 0 Å². The predicted octanol–water partition coefficient (Wildman–Crippen LogP) is 2.65.